The molecule has 0 saturated carbocycles. The minimum Gasteiger partial charge on any atom is -0.356 e. The highest BCUT2D eigenvalue weighted by Gasteiger charge is 2.19. The van der Waals surface area contributed by atoms with Gasteiger partial charge in [-0.05, 0) is 48.1 Å². The Bertz CT molecular complexity index is 1080. The predicted molar refractivity (Wildman–Crippen MR) is 110 cm³/mol. The third-order valence-electron chi connectivity index (χ3n) is 5.01. The van der Waals surface area contributed by atoms with Gasteiger partial charge in [0.25, 0.3) is 0 Å². The molecule has 136 valence electrons. The number of hydrogen-bond donors (Lipinski definition) is 0. The summed E-state index contributed by atoms with van der Waals surface area (Å²) in [6, 6.07) is 10.6. The maximum Gasteiger partial charge on any atom is 0.165 e. The third-order valence-corrected chi connectivity index (χ3v) is 5.90. The molecule has 5 nitrogen and oxygen atoms in total. The van der Waals surface area contributed by atoms with Crippen LogP contribution in [-0.2, 0) is 6.42 Å². The lowest BCUT2D eigenvalue weighted by Gasteiger charge is -2.32. The molecule has 0 radical (unpaired) electrons. The number of nitrogens with zero attached hydrogens (tertiary/aromatic N) is 5. The molecule has 0 atom stereocenters. The Morgan fingerprint density at radius 2 is 2.04 bits per heavy atom. The van der Waals surface area contributed by atoms with Crippen LogP contribution in [0.5, 0.6) is 0 Å². The van der Waals surface area contributed by atoms with Crippen molar-refractivity contribution in [2.75, 3.05) is 18.0 Å². The average molecular weight is 376 g/mol. The summed E-state index contributed by atoms with van der Waals surface area (Å²) in [4.78, 5) is 13.4. The lowest BCUT2D eigenvalue weighted by molar-refractivity contribution is 0.609. The monoisotopic (exact) mass is 375 g/mol. The van der Waals surface area contributed by atoms with Crippen molar-refractivity contribution >= 4 is 22.8 Å². The minimum absolute atomic E-state index is 0.858. The smallest absolute Gasteiger partial charge is 0.165 e. The van der Waals surface area contributed by atoms with Crippen molar-refractivity contribution in [1.29, 1.82) is 0 Å². The van der Waals surface area contributed by atoms with Crippen LogP contribution in [0.4, 0.5) is 5.82 Å². The fourth-order valence-electron chi connectivity index (χ4n) is 3.46. The van der Waals surface area contributed by atoms with Crippen LogP contribution in [0.3, 0.4) is 0 Å². The molecule has 0 aliphatic carbocycles. The van der Waals surface area contributed by atoms with Crippen LogP contribution in [0.2, 0.25) is 0 Å². The van der Waals surface area contributed by atoms with Crippen LogP contribution >= 0.6 is 11.3 Å². The van der Waals surface area contributed by atoms with Crippen molar-refractivity contribution < 1.29 is 0 Å². The molecule has 1 fully saturated rings. The number of pyridine rings is 1. The normalized spacial score (nSPS) is 13.9. The van der Waals surface area contributed by atoms with Gasteiger partial charge in [-0.25, -0.2) is 14.5 Å². The Labute approximate surface area is 162 Å². The van der Waals surface area contributed by atoms with Gasteiger partial charge in [0.15, 0.2) is 5.65 Å². The van der Waals surface area contributed by atoms with Crippen LogP contribution in [0.25, 0.3) is 27.5 Å². The number of anilines is 1. The molecule has 1 aliphatic rings. The Hall–Kier alpha value is -2.73. The molecule has 1 saturated heterocycles. The number of thiophene rings is 1. The lowest BCUT2D eigenvalue weighted by Crippen LogP contribution is -2.37. The zero-order valence-electron chi connectivity index (χ0n) is 15.3. The highest BCUT2D eigenvalue weighted by atomic mass is 32.1. The van der Waals surface area contributed by atoms with Gasteiger partial charge in [0.1, 0.15) is 5.82 Å². The zero-order chi connectivity index (χ0) is 18.2. The first kappa shape index (κ1) is 16.4. The quantitative estimate of drug-likeness (QED) is 0.508. The third kappa shape index (κ3) is 3.00. The molecule has 0 aromatic carbocycles. The van der Waals surface area contributed by atoms with Crippen LogP contribution in [-0.4, -0.2) is 32.7 Å². The summed E-state index contributed by atoms with van der Waals surface area (Å²) in [5.74, 6) is 1.08. The number of fused-ring (bicyclic) bond motifs is 1. The lowest BCUT2D eigenvalue weighted by atomic mass is 10.1. The number of rotatable bonds is 5. The second-order valence-corrected chi connectivity index (χ2v) is 7.87. The summed E-state index contributed by atoms with van der Waals surface area (Å²) in [5, 5.41) is 6.58. The highest BCUT2D eigenvalue weighted by Crippen LogP contribution is 2.30. The molecule has 0 bridgehead atoms. The Kier molecular flexibility index (Phi) is 4.13. The van der Waals surface area contributed by atoms with E-state index in [0.717, 1.165) is 54.3 Å². The van der Waals surface area contributed by atoms with Crippen LogP contribution in [0.15, 0.2) is 48.1 Å². The molecule has 4 aromatic heterocycles. The van der Waals surface area contributed by atoms with Crippen molar-refractivity contribution in [2.24, 2.45) is 0 Å². The fraction of sp³-hybridized carbons (Fsp3) is 0.286. The Morgan fingerprint density at radius 3 is 2.78 bits per heavy atom. The van der Waals surface area contributed by atoms with Crippen molar-refractivity contribution in [2.45, 2.75) is 26.2 Å². The second-order valence-electron chi connectivity index (χ2n) is 6.93. The van der Waals surface area contributed by atoms with E-state index in [4.69, 9.17) is 9.97 Å². The molecular formula is C21H21N5S. The first-order valence-electron chi connectivity index (χ1n) is 9.46. The van der Waals surface area contributed by atoms with Crippen molar-refractivity contribution in [1.82, 2.24) is 19.6 Å². The Balaban J connectivity index is 1.64. The molecule has 0 amide bonds. The molecule has 5 rings (SSSR count). The molecule has 5 heterocycles. The van der Waals surface area contributed by atoms with Gasteiger partial charge in [0.05, 0.1) is 28.0 Å². The molecule has 1 aliphatic heterocycles. The molecule has 0 unspecified atom stereocenters. The summed E-state index contributed by atoms with van der Waals surface area (Å²) in [6.45, 7) is 4.41. The van der Waals surface area contributed by atoms with Gasteiger partial charge in [-0.3, -0.25) is 0 Å². The van der Waals surface area contributed by atoms with Gasteiger partial charge in [-0.2, -0.15) is 5.10 Å². The van der Waals surface area contributed by atoms with E-state index in [2.05, 4.69) is 46.6 Å². The van der Waals surface area contributed by atoms with Gasteiger partial charge >= 0.3 is 0 Å². The van der Waals surface area contributed by atoms with Gasteiger partial charge < -0.3 is 4.90 Å². The van der Waals surface area contributed by atoms with Gasteiger partial charge in [0.2, 0.25) is 0 Å². The predicted octanol–water partition coefficient (Wildman–Crippen LogP) is 4.68. The number of aromatic nitrogens is 4. The van der Waals surface area contributed by atoms with Crippen LogP contribution in [0, 0.1) is 0 Å². The summed E-state index contributed by atoms with van der Waals surface area (Å²) in [6.07, 6.45) is 7.30. The second kappa shape index (κ2) is 6.78. The maximum atomic E-state index is 4.96. The van der Waals surface area contributed by atoms with E-state index >= 15 is 0 Å². The summed E-state index contributed by atoms with van der Waals surface area (Å²) < 4.78 is 1.84. The average Bonchev–Trinajstić information content (AvgIpc) is 3.30. The van der Waals surface area contributed by atoms with E-state index < -0.39 is 0 Å². The first-order chi connectivity index (χ1) is 13.3. The van der Waals surface area contributed by atoms with Crippen LogP contribution < -0.4 is 4.90 Å². The van der Waals surface area contributed by atoms with E-state index in [1.165, 1.54) is 16.9 Å². The van der Waals surface area contributed by atoms with E-state index in [-0.39, 0.29) is 0 Å². The largest absolute Gasteiger partial charge is 0.356 e. The van der Waals surface area contributed by atoms with E-state index in [1.807, 2.05) is 23.0 Å². The first-order valence-corrected chi connectivity index (χ1v) is 10.3. The van der Waals surface area contributed by atoms with Gasteiger partial charge in [-0.15, -0.1) is 11.3 Å². The van der Waals surface area contributed by atoms with Crippen molar-refractivity contribution in [3.8, 4) is 21.8 Å². The molecule has 4 aromatic rings. The van der Waals surface area contributed by atoms with E-state index in [1.54, 1.807) is 11.3 Å². The summed E-state index contributed by atoms with van der Waals surface area (Å²) >= 11 is 1.70. The maximum absolute atomic E-state index is 4.96. The van der Waals surface area contributed by atoms with Gasteiger partial charge in [0, 0.05) is 19.3 Å². The van der Waals surface area contributed by atoms with Crippen molar-refractivity contribution in [3.05, 3.63) is 53.7 Å². The zero-order valence-corrected chi connectivity index (χ0v) is 16.1. The topological polar surface area (TPSA) is 46.3 Å². The SMILES string of the molecule is CCCc1cc(-c2cnn3ccc(-c4cccs4)nc23)nc(N2CCC2)c1. The molecule has 0 spiro atoms. The standard InChI is InChI=1S/C21H21N5S/c1-2-5-15-12-18(23-20(13-15)25-8-4-9-25)16-14-22-26-10-7-17(24-21(16)26)19-6-3-11-27-19/h3,6-7,10-14H,2,4-5,8-9H2,1H3. The minimum atomic E-state index is 0.858. The van der Waals surface area contributed by atoms with E-state index in [0.29, 0.717) is 0 Å². The number of hydrogen-bond acceptors (Lipinski definition) is 5. The molecular weight excluding hydrogens is 354 g/mol. The highest BCUT2D eigenvalue weighted by molar-refractivity contribution is 7.13. The van der Waals surface area contributed by atoms with Gasteiger partial charge in [-0.1, -0.05) is 19.4 Å². The number of aryl methyl sites for hydroxylation is 1. The molecule has 6 heteroatoms. The molecule has 27 heavy (non-hydrogen) atoms. The summed E-state index contributed by atoms with van der Waals surface area (Å²) in [5.41, 5.74) is 5.13. The molecule has 0 N–H and O–H groups in total. The van der Waals surface area contributed by atoms with Crippen LogP contribution in [0.1, 0.15) is 25.3 Å². The summed E-state index contributed by atoms with van der Waals surface area (Å²) in [7, 11) is 0. The van der Waals surface area contributed by atoms with E-state index in [9.17, 15) is 0 Å². The Morgan fingerprint density at radius 1 is 1.11 bits per heavy atom. The van der Waals surface area contributed by atoms with Crippen molar-refractivity contribution in [3.63, 3.8) is 0 Å². The fourth-order valence-corrected chi connectivity index (χ4v) is 4.16.